The first-order chi connectivity index (χ1) is 8.19. The minimum Gasteiger partial charge on any atom is -0.480 e. The summed E-state index contributed by atoms with van der Waals surface area (Å²) in [6, 6.07) is 0. The van der Waals surface area contributed by atoms with Crippen LogP contribution in [0.3, 0.4) is 0 Å². The summed E-state index contributed by atoms with van der Waals surface area (Å²) in [4.78, 5) is 13.7. The highest BCUT2D eigenvalue weighted by Gasteiger charge is 2.05. The maximum absolute atomic E-state index is 5.09. The van der Waals surface area contributed by atoms with Crippen molar-refractivity contribution in [1.29, 1.82) is 0 Å². The second kappa shape index (κ2) is 5.42. The molecule has 0 aliphatic carbocycles. The number of aromatic nitrogens is 3. The van der Waals surface area contributed by atoms with E-state index in [1.165, 1.54) is 0 Å². The van der Waals surface area contributed by atoms with Crippen molar-refractivity contribution in [1.82, 2.24) is 15.0 Å². The Kier molecular flexibility index (Phi) is 3.90. The molecule has 0 radical (unpaired) electrons. The van der Waals surface area contributed by atoms with Crippen molar-refractivity contribution in [3.63, 3.8) is 0 Å². The number of aryl methyl sites for hydroxylation is 1. The van der Waals surface area contributed by atoms with Crippen LogP contribution in [0, 0.1) is 6.92 Å². The summed E-state index contributed by atoms with van der Waals surface area (Å²) in [6.45, 7) is 2.64. The summed E-state index contributed by atoms with van der Waals surface area (Å²) >= 11 is 4.95. The van der Waals surface area contributed by atoms with Gasteiger partial charge in [0.15, 0.2) is 0 Å². The predicted molar refractivity (Wildman–Crippen MR) is 70.5 cm³/mol. The zero-order valence-electron chi connectivity index (χ0n) is 9.40. The van der Waals surface area contributed by atoms with Crippen LogP contribution in [-0.2, 0) is 6.54 Å². The Bertz CT molecular complexity index is 517. The molecule has 0 amide bonds. The Morgan fingerprint density at radius 2 is 2.24 bits per heavy atom. The minimum atomic E-state index is 0.517. The maximum Gasteiger partial charge on any atom is 0.232 e. The zero-order valence-corrected chi connectivity index (χ0v) is 11.8. The standard InChI is InChI=1S/C10H11BrN4OS/c1-6-12-3-7(17-6)4-13-10-14-5-8(11)9(15-10)16-2/h3,5H,4H2,1-2H3,(H,13,14,15). The molecule has 0 aliphatic rings. The number of hydrogen-bond donors (Lipinski definition) is 1. The predicted octanol–water partition coefficient (Wildman–Crippen LogP) is 2.62. The fourth-order valence-electron chi connectivity index (χ4n) is 1.23. The smallest absolute Gasteiger partial charge is 0.232 e. The van der Waals surface area contributed by atoms with Gasteiger partial charge in [-0.2, -0.15) is 4.98 Å². The molecule has 2 heterocycles. The average molecular weight is 315 g/mol. The molecule has 1 N–H and O–H groups in total. The van der Waals surface area contributed by atoms with Crippen LogP contribution in [0.2, 0.25) is 0 Å². The van der Waals surface area contributed by atoms with Crippen LogP contribution in [0.1, 0.15) is 9.88 Å². The Morgan fingerprint density at radius 3 is 2.88 bits per heavy atom. The van der Waals surface area contributed by atoms with Gasteiger partial charge in [0.1, 0.15) is 0 Å². The Hall–Kier alpha value is -1.21. The molecule has 0 bridgehead atoms. The molecular formula is C10H11BrN4OS. The third-order valence-electron chi connectivity index (χ3n) is 2.00. The van der Waals surface area contributed by atoms with Crippen molar-refractivity contribution in [3.05, 3.63) is 26.8 Å². The van der Waals surface area contributed by atoms with Gasteiger partial charge < -0.3 is 10.1 Å². The third-order valence-corrected chi connectivity index (χ3v) is 3.45. The van der Waals surface area contributed by atoms with Gasteiger partial charge in [-0.25, -0.2) is 9.97 Å². The van der Waals surface area contributed by atoms with Gasteiger partial charge in [0.25, 0.3) is 0 Å². The van der Waals surface area contributed by atoms with Crippen LogP contribution >= 0.6 is 27.3 Å². The van der Waals surface area contributed by atoms with Gasteiger partial charge in [-0.05, 0) is 22.9 Å². The first-order valence-corrected chi connectivity index (χ1v) is 6.51. The van der Waals surface area contributed by atoms with Crippen molar-refractivity contribution in [3.8, 4) is 5.88 Å². The lowest BCUT2D eigenvalue weighted by Crippen LogP contribution is -2.03. The molecule has 5 nitrogen and oxygen atoms in total. The van der Waals surface area contributed by atoms with Gasteiger partial charge in [-0.15, -0.1) is 11.3 Å². The fourth-order valence-corrected chi connectivity index (χ4v) is 2.32. The molecule has 0 saturated carbocycles. The molecule has 2 aromatic rings. The van der Waals surface area contributed by atoms with E-state index < -0.39 is 0 Å². The molecule has 0 fully saturated rings. The van der Waals surface area contributed by atoms with Crippen LogP contribution in [-0.4, -0.2) is 22.1 Å². The quantitative estimate of drug-likeness (QED) is 0.940. The number of rotatable bonds is 4. The first-order valence-electron chi connectivity index (χ1n) is 4.90. The Balaban J connectivity index is 2.04. The van der Waals surface area contributed by atoms with E-state index in [0.717, 1.165) is 14.4 Å². The van der Waals surface area contributed by atoms with Crippen molar-refractivity contribution >= 4 is 33.2 Å². The minimum absolute atomic E-state index is 0.517. The summed E-state index contributed by atoms with van der Waals surface area (Å²) in [6.07, 6.45) is 3.51. The zero-order chi connectivity index (χ0) is 12.3. The van der Waals surface area contributed by atoms with Crippen molar-refractivity contribution < 1.29 is 4.74 Å². The van der Waals surface area contributed by atoms with E-state index in [1.807, 2.05) is 13.1 Å². The second-order valence-corrected chi connectivity index (χ2v) is 5.42. The summed E-state index contributed by atoms with van der Waals surface area (Å²) in [5.41, 5.74) is 0. The number of methoxy groups -OCH3 is 1. The van der Waals surface area contributed by atoms with E-state index in [1.54, 1.807) is 24.6 Å². The monoisotopic (exact) mass is 314 g/mol. The van der Waals surface area contributed by atoms with Gasteiger partial charge in [0.05, 0.1) is 29.3 Å². The average Bonchev–Trinajstić information content (AvgIpc) is 2.74. The lowest BCUT2D eigenvalue weighted by atomic mass is 10.5. The highest BCUT2D eigenvalue weighted by atomic mass is 79.9. The number of ether oxygens (including phenoxy) is 1. The largest absolute Gasteiger partial charge is 0.480 e. The first kappa shape index (κ1) is 12.3. The normalized spacial score (nSPS) is 10.3. The molecule has 0 atom stereocenters. The molecule has 90 valence electrons. The molecule has 0 unspecified atom stereocenters. The number of halogens is 1. The number of nitrogens with zero attached hydrogens (tertiary/aromatic N) is 3. The molecular weight excluding hydrogens is 304 g/mol. The fraction of sp³-hybridized carbons (Fsp3) is 0.300. The molecule has 2 aromatic heterocycles. The van der Waals surface area contributed by atoms with E-state index in [0.29, 0.717) is 18.4 Å². The Morgan fingerprint density at radius 1 is 1.41 bits per heavy atom. The molecule has 0 aliphatic heterocycles. The molecule has 0 saturated heterocycles. The van der Waals surface area contributed by atoms with Gasteiger partial charge >= 0.3 is 0 Å². The van der Waals surface area contributed by atoms with Gasteiger partial charge in [-0.3, -0.25) is 0 Å². The molecule has 7 heteroatoms. The summed E-state index contributed by atoms with van der Waals surface area (Å²) in [5.74, 6) is 1.05. The highest BCUT2D eigenvalue weighted by Crippen LogP contribution is 2.22. The van der Waals surface area contributed by atoms with E-state index in [9.17, 15) is 0 Å². The van der Waals surface area contributed by atoms with Crippen molar-refractivity contribution in [2.24, 2.45) is 0 Å². The Labute approximate surface area is 111 Å². The van der Waals surface area contributed by atoms with E-state index >= 15 is 0 Å². The van der Waals surface area contributed by atoms with E-state index in [4.69, 9.17) is 4.74 Å². The van der Waals surface area contributed by atoms with Crippen molar-refractivity contribution in [2.45, 2.75) is 13.5 Å². The molecule has 0 spiro atoms. The highest BCUT2D eigenvalue weighted by molar-refractivity contribution is 9.10. The SMILES string of the molecule is COc1nc(NCc2cnc(C)s2)ncc1Br. The van der Waals surface area contributed by atoms with Gasteiger partial charge in [0, 0.05) is 11.1 Å². The topological polar surface area (TPSA) is 59.9 Å². The molecule has 0 aromatic carbocycles. The van der Waals surface area contributed by atoms with E-state index in [-0.39, 0.29) is 0 Å². The number of anilines is 1. The second-order valence-electron chi connectivity index (χ2n) is 3.25. The van der Waals surface area contributed by atoms with Crippen LogP contribution in [0.15, 0.2) is 16.9 Å². The summed E-state index contributed by atoms with van der Waals surface area (Å²) in [7, 11) is 1.57. The van der Waals surface area contributed by atoms with Crippen LogP contribution in [0.25, 0.3) is 0 Å². The van der Waals surface area contributed by atoms with Gasteiger partial charge in [-0.1, -0.05) is 0 Å². The third kappa shape index (κ3) is 3.13. The number of thiazole rings is 1. The lowest BCUT2D eigenvalue weighted by Gasteiger charge is -2.05. The maximum atomic E-state index is 5.09. The van der Waals surface area contributed by atoms with Crippen LogP contribution in [0.5, 0.6) is 5.88 Å². The summed E-state index contributed by atoms with van der Waals surface area (Å²) < 4.78 is 5.83. The lowest BCUT2D eigenvalue weighted by molar-refractivity contribution is 0.394. The number of nitrogens with one attached hydrogen (secondary N) is 1. The van der Waals surface area contributed by atoms with Crippen LogP contribution in [0.4, 0.5) is 5.95 Å². The molecule has 2 rings (SSSR count). The molecule has 17 heavy (non-hydrogen) atoms. The van der Waals surface area contributed by atoms with E-state index in [2.05, 4.69) is 36.2 Å². The van der Waals surface area contributed by atoms with Gasteiger partial charge in [0.2, 0.25) is 11.8 Å². The van der Waals surface area contributed by atoms with Crippen molar-refractivity contribution in [2.75, 3.05) is 12.4 Å². The summed E-state index contributed by atoms with van der Waals surface area (Å²) in [5, 5.41) is 4.18. The number of hydrogen-bond acceptors (Lipinski definition) is 6. The van der Waals surface area contributed by atoms with Crippen LogP contribution < -0.4 is 10.1 Å².